The van der Waals surface area contributed by atoms with E-state index in [4.69, 9.17) is 9.73 Å². The molecule has 1 heterocycles. The highest BCUT2D eigenvalue weighted by atomic mass is 32.2. The van der Waals surface area contributed by atoms with Crippen molar-refractivity contribution in [2.24, 2.45) is 16.3 Å². The maximum atomic E-state index is 13.2. The molecule has 0 radical (unpaired) electrons. The summed E-state index contributed by atoms with van der Waals surface area (Å²) in [6.45, 7) is 5.10. The van der Waals surface area contributed by atoms with Crippen LogP contribution < -0.4 is 5.32 Å². The number of amides is 1. The topological polar surface area (TPSA) is 88.0 Å². The number of hydrogen-bond donors (Lipinski definition) is 2. The lowest BCUT2D eigenvalue weighted by molar-refractivity contribution is -0.144. The average Bonchev–Trinajstić information content (AvgIpc) is 3.52. The van der Waals surface area contributed by atoms with Gasteiger partial charge in [-0.15, -0.1) is 11.8 Å². The van der Waals surface area contributed by atoms with Gasteiger partial charge in [0.2, 0.25) is 0 Å². The Morgan fingerprint density at radius 2 is 1.86 bits per heavy atom. The van der Waals surface area contributed by atoms with E-state index in [1.165, 1.54) is 12.1 Å². The van der Waals surface area contributed by atoms with Crippen molar-refractivity contribution < 1.29 is 32.6 Å². The van der Waals surface area contributed by atoms with Crippen LogP contribution in [0.4, 0.5) is 13.2 Å². The minimum atomic E-state index is -4.43. The number of rotatable bonds is 7. The number of nitrogens with zero attached hydrogens (tertiary/aromatic N) is 1. The molecule has 188 valence electrons. The van der Waals surface area contributed by atoms with Crippen LogP contribution in [-0.2, 0) is 27.1 Å². The zero-order valence-corrected chi connectivity index (χ0v) is 20.4. The first-order valence-electron chi connectivity index (χ1n) is 11.3. The molecule has 3 atom stereocenters. The van der Waals surface area contributed by atoms with Crippen molar-refractivity contribution in [3.8, 4) is 0 Å². The molecule has 1 aromatic rings. The number of halogens is 3. The molecule has 1 saturated carbocycles. The fraction of sp³-hybridized carbons (Fsp3) is 0.480. The highest BCUT2D eigenvalue weighted by Gasteiger charge is 2.43. The molecule has 0 bridgehead atoms. The van der Waals surface area contributed by atoms with E-state index in [2.05, 4.69) is 5.32 Å². The zero-order valence-electron chi connectivity index (χ0n) is 19.6. The maximum absolute atomic E-state index is 13.2. The number of carbonyl (C=O) groups excluding carboxylic acids is 1. The molecule has 2 unspecified atom stereocenters. The minimum Gasteiger partial charge on any atom is -0.490 e. The van der Waals surface area contributed by atoms with Gasteiger partial charge in [0.05, 0.1) is 21.4 Å². The molecule has 2 N–H and O–H groups in total. The van der Waals surface area contributed by atoms with Gasteiger partial charge in [-0.3, -0.25) is 9.79 Å². The summed E-state index contributed by atoms with van der Waals surface area (Å²) in [5.41, 5.74) is -0.805. The number of nitrogens with one attached hydrogen (secondary N) is 1. The Labute approximate surface area is 205 Å². The molecule has 10 heteroatoms. The van der Waals surface area contributed by atoms with Crippen LogP contribution in [0.1, 0.15) is 44.7 Å². The normalized spacial score (nSPS) is 23.0. The smallest absolute Gasteiger partial charge is 0.416 e. The van der Waals surface area contributed by atoms with Crippen LogP contribution in [0.3, 0.4) is 0 Å². The van der Waals surface area contributed by atoms with Crippen LogP contribution in [0.5, 0.6) is 0 Å². The lowest BCUT2D eigenvalue weighted by Crippen LogP contribution is -2.49. The lowest BCUT2D eigenvalue weighted by Gasteiger charge is -2.29. The molecule has 6 nitrogen and oxygen atoms in total. The molecule has 0 saturated heterocycles. The number of hydrogen-bond acceptors (Lipinski definition) is 5. The van der Waals surface area contributed by atoms with E-state index in [9.17, 15) is 27.9 Å². The van der Waals surface area contributed by atoms with E-state index in [0.717, 1.165) is 30.0 Å². The van der Waals surface area contributed by atoms with E-state index in [1.807, 2.05) is 6.08 Å². The summed E-state index contributed by atoms with van der Waals surface area (Å²) in [6.07, 6.45) is 1.20. The molecule has 4 rings (SSSR count). The molecule has 0 aromatic heterocycles. The molecular weight excluding hydrogens is 481 g/mol. The van der Waals surface area contributed by atoms with Crippen LogP contribution in [0.25, 0.3) is 0 Å². The predicted molar refractivity (Wildman–Crippen MR) is 127 cm³/mol. The predicted octanol–water partition coefficient (Wildman–Crippen LogP) is 4.95. The number of alkyl halides is 3. The lowest BCUT2D eigenvalue weighted by atomic mass is 9.86. The summed E-state index contributed by atoms with van der Waals surface area (Å²) < 4.78 is 44.7. The number of ether oxygens (including phenoxy) is 1. The van der Waals surface area contributed by atoms with Crippen molar-refractivity contribution in [1.82, 2.24) is 5.32 Å². The van der Waals surface area contributed by atoms with Gasteiger partial charge in [-0.1, -0.05) is 39.0 Å². The molecule has 1 aromatic carbocycles. The summed E-state index contributed by atoms with van der Waals surface area (Å²) in [7, 11) is 0. The second-order valence-corrected chi connectivity index (χ2v) is 11.2. The first-order valence-corrected chi connectivity index (χ1v) is 12.2. The zero-order chi connectivity index (χ0) is 25.5. The monoisotopic (exact) mass is 508 g/mol. The molecule has 1 aliphatic heterocycles. The van der Waals surface area contributed by atoms with Crippen molar-refractivity contribution in [1.29, 1.82) is 0 Å². The van der Waals surface area contributed by atoms with Gasteiger partial charge in [-0.25, -0.2) is 4.79 Å². The number of carboxylic acid groups (broad SMARTS) is 1. The third kappa shape index (κ3) is 5.74. The molecule has 2 aliphatic carbocycles. The summed E-state index contributed by atoms with van der Waals surface area (Å²) in [6, 6.07) is 3.06. The van der Waals surface area contributed by atoms with Crippen LogP contribution in [-0.4, -0.2) is 39.4 Å². The van der Waals surface area contributed by atoms with E-state index in [-0.39, 0.29) is 17.4 Å². The second kappa shape index (κ2) is 9.37. The molecule has 35 heavy (non-hydrogen) atoms. The van der Waals surface area contributed by atoms with Crippen LogP contribution in [0, 0.1) is 11.3 Å². The summed E-state index contributed by atoms with van der Waals surface area (Å²) in [5, 5.41) is 13.2. The number of thioether (sulfide) groups is 1. The fourth-order valence-corrected chi connectivity index (χ4v) is 5.27. The first kappa shape index (κ1) is 25.3. The fourth-order valence-electron chi connectivity index (χ4n) is 3.92. The molecule has 3 aliphatic rings. The summed E-state index contributed by atoms with van der Waals surface area (Å²) in [4.78, 5) is 29.8. The van der Waals surface area contributed by atoms with Crippen LogP contribution in [0.2, 0.25) is 0 Å². The summed E-state index contributed by atoms with van der Waals surface area (Å²) in [5.74, 6) is -1.02. The highest BCUT2D eigenvalue weighted by molar-refractivity contribution is 8.15. The number of carbonyl (C=O) groups is 2. The SMILES string of the molecule is CC(C)(C)[C@H](NC(=O)C1=C(OCc2ccc(C(F)(F)F)cc2)C2N=C(C3CC3)SC2C=C1)C(=O)O. The second-order valence-electron chi connectivity index (χ2n) is 10.0. The Kier molecular flexibility index (Phi) is 6.78. The van der Waals surface area contributed by atoms with Gasteiger partial charge in [0.1, 0.15) is 24.4 Å². The Morgan fingerprint density at radius 3 is 2.40 bits per heavy atom. The molecular formula is C25H27F3N2O4S. The van der Waals surface area contributed by atoms with Gasteiger partial charge in [0, 0.05) is 5.92 Å². The van der Waals surface area contributed by atoms with Crippen LogP contribution in [0.15, 0.2) is 52.7 Å². The maximum Gasteiger partial charge on any atom is 0.416 e. The number of fused-ring (bicyclic) bond motifs is 1. The van der Waals surface area contributed by atoms with Gasteiger partial charge in [0.15, 0.2) is 0 Å². The summed E-state index contributed by atoms with van der Waals surface area (Å²) >= 11 is 1.63. The third-order valence-electron chi connectivity index (χ3n) is 6.06. The highest BCUT2D eigenvalue weighted by Crippen LogP contribution is 2.45. The average molecular weight is 509 g/mol. The number of carboxylic acids is 1. The Bertz CT molecular complexity index is 1100. The van der Waals surface area contributed by atoms with E-state index in [1.54, 1.807) is 38.6 Å². The van der Waals surface area contributed by atoms with Gasteiger partial charge >= 0.3 is 12.1 Å². The standard InChI is InChI=1S/C25H27F3N2O4S/c1-24(2,3)20(23(32)33)30-21(31)16-10-11-17-18(29-22(35-17)14-6-7-14)19(16)34-12-13-4-8-15(9-5-13)25(26,27)28/h4-5,8-11,14,17-18,20H,6-7,12H2,1-3H3,(H,30,31)(H,32,33)/t17?,18?,20-/m1/s1. The van der Waals surface area contributed by atoms with Crippen molar-refractivity contribution >= 4 is 28.7 Å². The van der Waals surface area contributed by atoms with Crippen molar-refractivity contribution in [3.05, 3.63) is 58.9 Å². The molecule has 1 amide bonds. The largest absolute Gasteiger partial charge is 0.490 e. The number of aliphatic carboxylic acids is 1. The van der Waals surface area contributed by atoms with Crippen LogP contribution >= 0.6 is 11.8 Å². The Balaban J connectivity index is 1.61. The minimum absolute atomic E-state index is 0.0531. The first-order chi connectivity index (χ1) is 16.3. The number of benzene rings is 1. The third-order valence-corrected chi connectivity index (χ3v) is 7.42. The van der Waals surface area contributed by atoms with Gasteiger partial charge < -0.3 is 15.2 Å². The van der Waals surface area contributed by atoms with E-state index >= 15 is 0 Å². The van der Waals surface area contributed by atoms with Crippen molar-refractivity contribution in [3.63, 3.8) is 0 Å². The molecule has 0 spiro atoms. The quantitative estimate of drug-likeness (QED) is 0.544. The Morgan fingerprint density at radius 1 is 1.20 bits per heavy atom. The van der Waals surface area contributed by atoms with Crippen molar-refractivity contribution in [2.45, 2.75) is 63.7 Å². The van der Waals surface area contributed by atoms with Crippen molar-refractivity contribution in [2.75, 3.05) is 0 Å². The van der Waals surface area contributed by atoms with E-state index in [0.29, 0.717) is 17.2 Å². The number of aliphatic imine (C=N–C) groups is 1. The van der Waals surface area contributed by atoms with E-state index < -0.39 is 41.1 Å². The molecule has 1 fully saturated rings. The van der Waals surface area contributed by atoms with Gasteiger partial charge in [-0.2, -0.15) is 13.2 Å². The Hall–Kier alpha value is -2.75. The van der Waals surface area contributed by atoms with Gasteiger partial charge in [-0.05, 0) is 42.0 Å². The van der Waals surface area contributed by atoms with Gasteiger partial charge in [0.25, 0.3) is 5.91 Å².